The number of rotatable bonds is 0. The third-order valence-electron chi connectivity index (χ3n) is 7.78. The van der Waals surface area contributed by atoms with Gasteiger partial charge in [-0.3, -0.25) is 9.52 Å². The average Bonchev–Trinajstić information content (AvgIpc) is 3.16. The molecular weight excluding hydrogens is 473 g/mol. The van der Waals surface area contributed by atoms with Crippen molar-refractivity contribution >= 4 is 40.5 Å². The van der Waals surface area contributed by atoms with Crippen molar-refractivity contribution in [3.05, 3.63) is 52.5 Å². The van der Waals surface area contributed by atoms with Gasteiger partial charge in [-0.25, -0.2) is 8.42 Å². The second kappa shape index (κ2) is 8.17. The Balaban J connectivity index is 1.46. The summed E-state index contributed by atoms with van der Waals surface area (Å²) in [4.78, 5) is 16.9. The van der Waals surface area contributed by atoms with E-state index < -0.39 is 15.8 Å². The van der Waals surface area contributed by atoms with E-state index in [1.807, 2.05) is 6.07 Å². The van der Waals surface area contributed by atoms with Crippen LogP contribution in [0.4, 0.5) is 10.5 Å². The highest BCUT2D eigenvalue weighted by molar-refractivity contribution is 7.90. The van der Waals surface area contributed by atoms with E-state index in [1.165, 1.54) is 17.2 Å². The molecule has 4 bridgehead atoms. The molecule has 1 N–H and O–H groups in total. The number of carbonyl (C=O) groups is 1. The van der Waals surface area contributed by atoms with Crippen molar-refractivity contribution in [2.75, 3.05) is 37.7 Å². The standard InChI is InChI=1S/C24H27BClN3O4S/c26-18-3-5-20-17(10-18)2-1-8-24(20)14-28-12-16-7-9-29(13-16)25-23(30)27-34(31,32)19-4-6-22(33-15-24)21(28)11-19/h3-6,10-11,16,25H,1-2,7-9,12-15H2,(H,27,30). The van der Waals surface area contributed by atoms with Crippen molar-refractivity contribution in [1.29, 1.82) is 0 Å². The lowest BCUT2D eigenvalue weighted by molar-refractivity contribution is 0.206. The monoisotopic (exact) mass is 499 g/mol. The zero-order chi connectivity index (χ0) is 23.5. The average molecular weight is 500 g/mol. The van der Waals surface area contributed by atoms with Gasteiger partial charge in [0.1, 0.15) is 5.75 Å². The summed E-state index contributed by atoms with van der Waals surface area (Å²) < 4.78 is 34.6. The summed E-state index contributed by atoms with van der Waals surface area (Å²) in [5, 5.41) is 0.753. The third kappa shape index (κ3) is 3.87. The van der Waals surface area contributed by atoms with Crippen molar-refractivity contribution in [2.24, 2.45) is 5.92 Å². The van der Waals surface area contributed by atoms with E-state index in [9.17, 15) is 13.2 Å². The number of ether oxygens (including phenoxy) is 1. The number of benzene rings is 2. The number of anilines is 1. The molecule has 3 unspecified atom stereocenters. The molecule has 7 nitrogen and oxygen atoms in total. The van der Waals surface area contributed by atoms with Crippen molar-refractivity contribution in [3.63, 3.8) is 0 Å². The fourth-order valence-electron chi connectivity index (χ4n) is 6.22. The van der Waals surface area contributed by atoms with Crippen LogP contribution < -0.4 is 14.4 Å². The number of carbonyl (C=O) groups excluding carboxylic acids is 1. The van der Waals surface area contributed by atoms with Gasteiger partial charge in [-0.15, -0.1) is 0 Å². The quantitative estimate of drug-likeness (QED) is 0.562. The molecule has 1 spiro atoms. The molecule has 2 aromatic carbocycles. The number of sulfonamides is 1. The largest absolute Gasteiger partial charge is 0.490 e. The topological polar surface area (TPSA) is 79.0 Å². The molecule has 0 saturated carbocycles. The molecule has 2 aromatic rings. The highest BCUT2D eigenvalue weighted by Gasteiger charge is 2.43. The molecule has 3 aliphatic heterocycles. The Labute approximate surface area is 205 Å². The van der Waals surface area contributed by atoms with E-state index in [2.05, 4.69) is 26.6 Å². The van der Waals surface area contributed by atoms with E-state index in [-0.39, 0.29) is 17.7 Å². The number of halogens is 1. The van der Waals surface area contributed by atoms with E-state index in [4.69, 9.17) is 16.3 Å². The SMILES string of the molecule is O=C1BN2CCC(C2)CN2CC3(CCCc4cc(Cl)ccc43)COc3ccc(cc32)S(=O)(=O)N1. The smallest absolute Gasteiger partial charge is 0.315 e. The second-order valence-corrected chi connectivity index (χ2v) is 12.3. The van der Waals surface area contributed by atoms with Crippen LogP contribution in [0.15, 0.2) is 41.3 Å². The van der Waals surface area contributed by atoms with Crippen LogP contribution in [-0.2, 0) is 21.9 Å². The lowest BCUT2D eigenvalue weighted by Gasteiger charge is -2.41. The first-order valence-electron chi connectivity index (χ1n) is 11.9. The van der Waals surface area contributed by atoms with Crippen LogP contribution in [0.1, 0.15) is 30.4 Å². The molecule has 1 saturated heterocycles. The summed E-state index contributed by atoms with van der Waals surface area (Å²) >= 11 is 6.32. The molecule has 1 fully saturated rings. The van der Waals surface area contributed by atoms with Gasteiger partial charge < -0.3 is 14.4 Å². The lowest BCUT2D eigenvalue weighted by Crippen LogP contribution is -2.47. The Morgan fingerprint density at radius 1 is 1.18 bits per heavy atom. The Morgan fingerprint density at radius 3 is 2.94 bits per heavy atom. The van der Waals surface area contributed by atoms with E-state index >= 15 is 0 Å². The Morgan fingerprint density at radius 2 is 2.06 bits per heavy atom. The maximum atomic E-state index is 13.0. The molecule has 178 valence electrons. The molecule has 3 atom stereocenters. The maximum Gasteiger partial charge on any atom is 0.315 e. The minimum atomic E-state index is -3.96. The molecular formula is C24H27BClN3O4S. The van der Waals surface area contributed by atoms with Crippen LogP contribution in [0.2, 0.25) is 5.02 Å². The highest BCUT2D eigenvalue weighted by atomic mass is 35.5. The first-order valence-corrected chi connectivity index (χ1v) is 13.8. The van der Waals surface area contributed by atoms with Gasteiger partial charge >= 0.3 is 7.41 Å². The minimum absolute atomic E-state index is 0.0860. The normalized spacial score (nSPS) is 29.6. The minimum Gasteiger partial charge on any atom is -0.490 e. The van der Waals surface area contributed by atoms with Gasteiger partial charge in [-0.1, -0.05) is 17.7 Å². The van der Waals surface area contributed by atoms with Crippen molar-refractivity contribution in [1.82, 2.24) is 9.53 Å². The van der Waals surface area contributed by atoms with Crippen molar-refractivity contribution in [3.8, 4) is 5.75 Å². The van der Waals surface area contributed by atoms with Gasteiger partial charge in [0, 0.05) is 23.5 Å². The number of nitrogens with one attached hydrogen (secondary N) is 1. The molecule has 34 heavy (non-hydrogen) atoms. The Kier molecular flexibility index (Phi) is 5.35. The Bertz CT molecular complexity index is 1270. The van der Waals surface area contributed by atoms with E-state index in [0.29, 0.717) is 18.3 Å². The molecule has 3 heterocycles. The fraction of sp³-hybridized carbons (Fsp3) is 0.458. The van der Waals surface area contributed by atoms with Crippen LogP contribution in [0, 0.1) is 5.92 Å². The third-order valence-corrected chi connectivity index (χ3v) is 9.39. The maximum absolute atomic E-state index is 13.0. The highest BCUT2D eigenvalue weighted by Crippen LogP contribution is 2.45. The summed E-state index contributed by atoms with van der Waals surface area (Å²) in [6, 6.07) is 11.1. The number of amides is 1. The summed E-state index contributed by atoms with van der Waals surface area (Å²) in [6.07, 6.45) is 4.05. The number of hydrogen-bond acceptors (Lipinski definition) is 6. The van der Waals surface area contributed by atoms with E-state index in [0.717, 1.165) is 62.6 Å². The number of hydrogen-bond donors (Lipinski definition) is 1. The zero-order valence-corrected chi connectivity index (χ0v) is 20.5. The van der Waals surface area contributed by atoms with Gasteiger partial charge in [0.05, 0.1) is 17.2 Å². The molecule has 10 heteroatoms. The van der Waals surface area contributed by atoms with Gasteiger partial charge in [0.15, 0.2) is 0 Å². The fourth-order valence-corrected chi connectivity index (χ4v) is 7.41. The van der Waals surface area contributed by atoms with Gasteiger partial charge in [0.2, 0.25) is 5.81 Å². The van der Waals surface area contributed by atoms with Crippen LogP contribution in [0.25, 0.3) is 0 Å². The summed E-state index contributed by atoms with van der Waals surface area (Å²) in [5.74, 6) is 0.597. The predicted molar refractivity (Wildman–Crippen MR) is 133 cm³/mol. The van der Waals surface area contributed by atoms with Crippen LogP contribution in [0.5, 0.6) is 5.75 Å². The lowest BCUT2D eigenvalue weighted by atomic mass is 9.70. The first-order chi connectivity index (χ1) is 16.3. The van der Waals surface area contributed by atoms with Gasteiger partial charge in [-0.05, 0) is 86.1 Å². The van der Waals surface area contributed by atoms with Crippen LogP contribution >= 0.6 is 11.6 Å². The molecule has 0 aromatic heterocycles. The number of fused-ring (bicyclic) bond motifs is 5. The van der Waals surface area contributed by atoms with Gasteiger partial charge in [-0.2, -0.15) is 0 Å². The Hall–Kier alpha value is -2.23. The zero-order valence-electron chi connectivity index (χ0n) is 18.9. The predicted octanol–water partition coefficient (Wildman–Crippen LogP) is 2.90. The summed E-state index contributed by atoms with van der Waals surface area (Å²) in [6.45, 7) is 3.65. The first kappa shape index (κ1) is 22.3. The summed E-state index contributed by atoms with van der Waals surface area (Å²) in [5.41, 5.74) is 3.16. The van der Waals surface area contributed by atoms with Crippen molar-refractivity contribution < 1.29 is 17.9 Å². The number of aryl methyl sites for hydroxylation is 1. The molecule has 0 radical (unpaired) electrons. The molecule has 1 aliphatic carbocycles. The van der Waals surface area contributed by atoms with Gasteiger partial charge in [0.25, 0.3) is 10.0 Å². The molecule has 6 rings (SSSR count). The van der Waals surface area contributed by atoms with Crippen LogP contribution in [0.3, 0.4) is 0 Å². The molecule has 1 amide bonds. The van der Waals surface area contributed by atoms with E-state index in [1.54, 1.807) is 12.1 Å². The number of nitrogens with zero attached hydrogens (tertiary/aromatic N) is 2. The van der Waals surface area contributed by atoms with Crippen molar-refractivity contribution in [2.45, 2.75) is 36.0 Å². The van der Waals surface area contributed by atoms with Crippen LogP contribution in [-0.4, -0.2) is 59.2 Å². The second-order valence-electron chi connectivity index (χ2n) is 10.2. The summed E-state index contributed by atoms with van der Waals surface area (Å²) in [7, 11) is -3.86. The molecule has 4 aliphatic rings.